The van der Waals surface area contributed by atoms with Crippen molar-refractivity contribution in [2.24, 2.45) is 0 Å². The molecule has 2 aromatic carbocycles. The van der Waals surface area contributed by atoms with Crippen molar-refractivity contribution in [3.63, 3.8) is 0 Å². The number of nitro benzene ring substituents is 2. The number of amides is 1. The quantitative estimate of drug-likeness (QED) is 0.424. The van der Waals surface area contributed by atoms with Crippen LogP contribution in [0.3, 0.4) is 0 Å². The minimum Gasteiger partial charge on any atom is -0.485 e. The number of halogens is 2. The Bertz CT molecular complexity index is 926. The van der Waals surface area contributed by atoms with Gasteiger partial charge in [0.1, 0.15) is 0 Å². The number of carbonyl (C=O) groups excluding carboxylic acids is 1. The Hall–Kier alpha value is -3.17. The molecule has 0 atom stereocenters. The molecule has 27 heavy (non-hydrogen) atoms. The summed E-state index contributed by atoms with van der Waals surface area (Å²) in [5.41, 5.74) is -0.910. The normalized spacial score (nSPS) is 10.6. The third kappa shape index (κ3) is 4.93. The number of nitrogens with one attached hydrogen (secondary N) is 1. The molecule has 9 nitrogen and oxygen atoms in total. The molecule has 0 bridgehead atoms. The molecule has 0 saturated heterocycles. The van der Waals surface area contributed by atoms with Crippen molar-refractivity contribution in [2.45, 2.75) is 0 Å². The van der Waals surface area contributed by atoms with Crippen LogP contribution in [0.2, 0.25) is 10.0 Å². The monoisotopic (exact) mass is 411 g/mol. The SMILES string of the molecule is COc1c([N+](=O)[O-])cc(NC(=O)/C=C/c2ccc(Cl)cc2Cl)cc1[N+](=O)[O-]. The predicted molar refractivity (Wildman–Crippen MR) is 100 cm³/mol. The van der Waals surface area contributed by atoms with E-state index in [1.54, 1.807) is 12.1 Å². The van der Waals surface area contributed by atoms with Gasteiger partial charge in [0, 0.05) is 28.3 Å². The van der Waals surface area contributed by atoms with E-state index in [0.29, 0.717) is 15.6 Å². The van der Waals surface area contributed by atoms with E-state index < -0.39 is 32.9 Å². The molecule has 0 saturated carbocycles. The molecule has 0 aliphatic heterocycles. The average Bonchev–Trinajstić information content (AvgIpc) is 2.60. The number of methoxy groups -OCH3 is 1. The Morgan fingerprint density at radius 3 is 2.19 bits per heavy atom. The van der Waals surface area contributed by atoms with Crippen LogP contribution in [0.1, 0.15) is 5.56 Å². The fraction of sp³-hybridized carbons (Fsp3) is 0.0625. The van der Waals surface area contributed by atoms with Gasteiger partial charge in [0.05, 0.1) is 22.6 Å². The van der Waals surface area contributed by atoms with Crippen LogP contribution in [0.15, 0.2) is 36.4 Å². The first kappa shape index (κ1) is 20.1. The van der Waals surface area contributed by atoms with Crippen LogP contribution in [-0.2, 0) is 4.79 Å². The Kier molecular flexibility index (Phi) is 6.32. The van der Waals surface area contributed by atoms with Gasteiger partial charge in [0.15, 0.2) is 0 Å². The molecule has 0 aromatic heterocycles. The number of carbonyl (C=O) groups is 1. The van der Waals surface area contributed by atoms with Gasteiger partial charge in [-0.1, -0.05) is 29.3 Å². The Balaban J connectivity index is 2.30. The molecule has 2 aromatic rings. The highest BCUT2D eigenvalue weighted by Crippen LogP contribution is 2.39. The topological polar surface area (TPSA) is 125 Å². The third-order valence-corrected chi connectivity index (χ3v) is 3.85. The van der Waals surface area contributed by atoms with Gasteiger partial charge >= 0.3 is 11.4 Å². The fourth-order valence-corrected chi connectivity index (χ4v) is 2.61. The molecular weight excluding hydrogens is 401 g/mol. The van der Waals surface area contributed by atoms with E-state index in [1.807, 2.05) is 0 Å². The van der Waals surface area contributed by atoms with Crippen molar-refractivity contribution in [3.8, 4) is 5.75 Å². The van der Waals surface area contributed by atoms with Gasteiger partial charge in [0.25, 0.3) is 5.75 Å². The highest BCUT2D eigenvalue weighted by molar-refractivity contribution is 6.35. The van der Waals surface area contributed by atoms with Crippen molar-refractivity contribution in [1.82, 2.24) is 0 Å². The lowest BCUT2D eigenvalue weighted by Gasteiger charge is -2.07. The molecule has 0 aliphatic rings. The lowest BCUT2D eigenvalue weighted by molar-refractivity contribution is -0.395. The molecule has 0 aliphatic carbocycles. The van der Waals surface area contributed by atoms with Crippen LogP contribution in [0.25, 0.3) is 6.08 Å². The molecule has 1 N–H and O–H groups in total. The van der Waals surface area contributed by atoms with E-state index in [4.69, 9.17) is 27.9 Å². The number of rotatable bonds is 6. The third-order valence-electron chi connectivity index (χ3n) is 3.29. The summed E-state index contributed by atoms with van der Waals surface area (Å²) in [7, 11) is 1.08. The smallest absolute Gasteiger partial charge is 0.320 e. The van der Waals surface area contributed by atoms with E-state index in [9.17, 15) is 25.0 Å². The number of hydrogen-bond acceptors (Lipinski definition) is 6. The molecule has 2 rings (SSSR count). The number of nitrogens with zero attached hydrogens (tertiary/aromatic N) is 2. The molecule has 1 amide bonds. The van der Waals surface area contributed by atoms with E-state index in [0.717, 1.165) is 25.3 Å². The maximum atomic E-state index is 12.0. The Morgan fingerprint density at radius 1 is 1.11 bits per heavy atom. The molecule has 11 heteroatoms. The Labute approximate surface area is 162 Å². The van der Waals surface area contributed by atoms with Gasteiger partial charge < -0.3 is 10.1 Å². The number of anilines is 1. The van der Waals surface area contributed by atoms with E-state index >= 15 is 0 Å². The van der Waals surface area contributed by atoms with E-state index in [1.165, 1.54) is 12.1 Å². The maximum absolute atomic E-state index is 12.0. The van der Waals surface area contributed by atoms with Crippen LogP contribution >= 0.6 is 23.2 Å². The second kappa shape index (κ2) is 8.47. The lowest BCUT2D eigenvalue weighted by atomic mass is 10.2. The van der Waals surface area contributed by atoms with Crippen molar-refractivity contribution in [1.29, 1.82) is 0 Å². The summed E-state index contributed by atoms with van der Waals surface area (Å²) >= 11 is 11.8. The van der Waals surface area contributed by atoms with Gasteiger partial charge in [-0.15, -0.1) is 0 Å². The summed E-state index contributed by atoms with van der Waals surface area (Å²) in [6, 6.07) is 6.61. The standard InChI is InChI=1S/C16H11Cl2N3O6/c1-27-16-13(20(23)24)7-11(8-14(16)21(25)26)19-15(22)5-3-9-2-4-10(17)6-12(9)18/h2-8H,1H3,(H,19,22)/b5-3+. The summed E-state index contributed by atoms with van der Waals surface area (Å²) < 4.78 is 4.75. The summed E-state index contributed by atoms with van der Waals surface area (Å²) in [6.45, 7) is 0. The zero-order valence-corrected chi connectivity index (χ0v) is 15.2. The first-order valence-corrected chi connectivity index (χ1v) is 7.93. The first-order chi connectivity index (χ1) is 12.7. The molecule has 0 radical (unpaired) electrons. The van der Waals surface area contributed by atoms with Crippen molar-refractivity contribution >= 4 is 52.2 Å². The summed E-state index contributed by atoms with van der Waals surface area (Å²) in [5.74, 6) is -1.18. The molecule has 0 heterocycles. The van der Waals surface area contributed by atoms with E-state index in [-0.39, 0.29) is 5.69 Å². The zero-order valence-electron chi connectivity index (χ0n) is 13.6. The number of hydrogen-bond donors (Lipinski definition) is 1. The van der Waals surface area contributed by atoms with Crippen LogP contribution in [-0.4, -0.2) is 22.9 Å². The number of benzene rings is 2. The van der Waals surface area contributed by atoms with Crippen LogP contribution in [0, 0.1) is 20.2 Å². The number of ether oxygens (including phenoxy) is 1. The van der Waals surface area contributed by atoms with Gasteiger partial charge in [0.2, 0.25) is 5.91 Å². The van der Waals surface area contributed by atoms with Crippen molar-refractivity contribution in [3.05, 3.63) is 72.2 Å². The molecule has 0 spiro atoms. The maximum Gasteiger partial charge on any atom is 0.320 e. The van der Waals surface area contributed by atoms with Gasteiger partial charge in [-0.25, -0.2) is 0 Å². The van der Waals surface area contributed by atoms with Crippen molar-refractivity contribution < 1.29 is 19.4 Å². The summed E-state index contributed by atoms with van der Waals surface area (Å²) in [5, 5.41) is 25.3. The molecule has 140 valence electrons. The Morgan fingerprint density at radius 2 is 1.70 bits per heavy atom. The van der Waals surface area contributed by atoms with Crippen LogP contribution < -0.4 is 10.1 Å². The van der Waals surface area contributed by atoms with Crippen molar-refractivity contribution in [2.75, 3.05) is 12.4 Å². The second-order valence-electron chi connectivity index (χ2n) is 5.05. The van der Waals surface area contributed by atoms with E-state index in [2.05, 4.69) is 5.32 Å². The van der Waals surface area contributed by atoms with Gasteiger partial charge in [-0.3, -0.25) is 25.0 Å². The summed E-state index contributed by atoms with van der Waals surface area (Å²) in [4.78, 5) is 32.6. The van der Waals surface area contributed by atoms with Crippen LogP contribution in [0.5, 0.6) is 5.75 Å². The fourth-order valence-electron chi connectivity index (χ4n) is 2.14. The lowest BCUT2D eigenvalue weighted by Crippen LogP contribution is -2.09. The minimum atomic E-state index is -0.842. The highest BCUT2D eigenvalue weighted by Gasteiger charge is 2.28. The van der Waals surface area contributed by atoms with Crippen LogP contribution in [0.4, 0.5) is 17.1 Å². The first-order valence-electron chi connectivity index (χ1n) is 7.18. The van der Waals surface area contributed by atoms with Gasteiger partial charge in [-0.2, -0.15) is 0 Å². The molecular formula is C16H11Cl2N3O6. The number of nitro groups is 2. The highest BCUT2D eigenvalue weighted by atomic mass is 35.5. The second-order valence-corrected chi connectivity index (χ2v) is 5.89. The summed E-state index contributed by atoms with van der Waals surface area (Å²) in [6.07, 6.45) is 2.53. The minimum absolute atomic E-state index is 0.133. The molecule has 0 fully saturated rings. The average molecular weight is 412 g/mol. The zero-order chi connectivity index (χ0) is 20.1. The molecule has 0 unspecified atom stereocenters. The predicted octanol–water partition coefficient (Wildman–Crippen LogP) is 4.47. The van der Waals surface area contributed by atoms with Gasteiger partial charge in [-0.05, 0) is 23.8 Å². The largest absolute Gasteiger partial charge is 0.485 e.